The Bertz CT molecular complexity index is 914. The maximum absolute atomic E-state index is 13.0. The van der Waals surface area contributed by atoms with Crippen molar-refractivity contribution < 1.29 is 19.1 Å². The first kappa shape index (κ1) is 17.7. The van der Waals surface area contributed by atoms with Gasteiger partial charge in [0.25, 0.3) is 5.91 Å². The van der Waals surface area contributed by atoms with Crippen molar-refractivity contribution in [2.45, 2.75) is 6.10 Å². The number of esters is 1. The number of hydrogen-bond acceptors (Lipinski definition) is 5. The van der Waals surface area contributed by atoms with Gasteiger partial charge in [0.05, 0.1) is 13.2 Å². The molecule has 1 aromatic heterocycles. The van der Waals surface area contributed by atoms with Crippen LogP contribution in [0.25, 0.3) is 10.1 Å². The molecule has 1 amide bonds. The van der Waals surface area contributed by atoms with Crippen molar-refractivity contribution in [2.75, 3.05) is 26.3 Å². The number of ether oxygens (including phenoxy) is 2. The first-order valence-corrected chi connectivity index (χ1v) is 9.65. The van der Waals surface area contributed by atoms with Gasteiger partial charge in [-0.2, -0.15) is 0 Å². The zero-order chi connectivity index (χ0) is 18.6. The average Bonchev–Trinajstić information content (AvgIpc) is 3.17. The summed E-state index contributed by atoms with van der Waals surface area (Å²) in [5.41, 5.74) is 0.670. The maximum atomic E-state index is 13.0. The number of nitrogens with zero attached hydrogens (tertiary/aromatic N) is 1. The van der Waals surface area contributed by atoms with Crippen molar-refractivity contribution in [1.29, 1.82) is 0 Å². The fraction of sp³-hybridized carbons (Fsp3) is 0.238. The lowest BCUT2D eigenvalue weighted by Gasteiger charge is -2.30. The SMILES string of the molecule is O=C(O[C@H](C(=O)N1CCOCC1)c1ccccc1)c1cc2ccccc2s1. The summed E-state index contributed by atoms with van der Waals surface area (Å²) in [5.74, 6) is -0.689. The Morgan fingerprint density at radius 2 is 1.70 bits per heavy atom. The largest absolute Gasteiger partial charge is 0.443 e. The molecule has 0 radical (unpaired) electrons. The minimum absolute atomic E-state index is 0.209. The molecule has 6 heteroatoms. The van der Waals surface area contributed by atoms with Gasteiger partial charge in [0, 0.05) is 23.4 Å². The highest BCUT2D eigenvalue weighted by atomic mass is 32.1. The second-order valence-corrected chi connectivity index (χ2v) is 7.37. The molecule has 2 aromatic carbocycles. The van der Waals surface area contributed by atoms with E-state index in [1.807, 2.05) is 48.5 Å². The molecular formula is C21H19NO4S. The number of amides is 1. The van der Waals surface area contributed by atoms with Crippen molar-refractivity contribution in [3.05, 3.63) is 71.1 Å². The van der Waals surface area contributed by atoms with Gasteiger partial charge in [-0.05, 0) is 17.5 Å². The third kappa shape index (κ3) is 3.86. The lowest BCUT2D eigenvalue weighted by molar-refractivity contribution is -0.145. The average molecular weight is 381 g/mol. The Labute approximate surface area is 161 Å². The van der Waals surface area contributed by atoms with Crippen molar-refractivity contribution >= 4 is 33.3 Å². The molecule has 5 nitrogen and oxygen atoms in total. The molecule has 0 N–H and O–H groups in total. The predicted molar refractivity (Wildman–Crippen MR) is 104 cm³/mol. The number of benzene rings is 2. The Kier molecular flexibility index (Phi) is 5.18. The maximum Gasteiger partial charge on any atom is 0.349 e. The molecule has 0 bridgehead atoms. The van der Waals surface area contributed by atoms with Gasteiger partial charge in [-0.1, -0.05) is 48.5 Å². The van der Waals surface area contributed by atoms with Crippen LogP contribution in [0.15, 0.2) is 60.7 Å². The third-order valence-electron chi connectivity index (χ3n) is 4.50. The number of rotatable bonds is 4. The molecule has 0 unspecified atom stereocenters. The minimum Gasteiger partial charge on any atom is -0.443 e. The van der Waals surface area contributed by atoms with E-state index in [1.165, 1.54) is 11.3 Å². The van der Waals surface area contributed by atoms with Crippen LogP contribution in [0.3, 0.4) is 0 Å². The normalized spacial score (nSPS) is 15.5. The van der Waals surface area contributed by atoms with Crippen molar-refractivity contribution in [3.63, 3.8) is 0 Å². The van der Waals surface area contributed by atoms with E-state index < -0.39 is 12.1 Å². The first-order chi connectivity index (χ1) is 13.2. The number of carbonyl (C=O) groups is 2. The second kappa shape index (κ2) is 7.90. The molecule has 0 spiro atoms. The monoisotopic (exact) mass is 381 g/mol. The molecule has 3 aromatic rings. The highest BCUT2D eigenvalue weighted by Crippen LogP contribution is 2.28. The smallest absolute Gasteiger partial charge is 0.349 e. The summed E-state index contributed by atoms with van der Waals surface area (Å²) in [6.45, 7) is 2.00. The Morgan fingerprint density at radius 3 is 2.44 bits per heavy atom. The van der Waals surface area contributed by atoms with E-state index >= 15 is 0 Å². The lowest BCUT2D eigenvalue weighted by Crippen LogP contribution is -2.44. The van der Waals surface area contributed by atoms with E-state index in [1.54, 1.807) is 17.0 Å². The molecular weight excluding hydrogens is 362 g/mol. The minimum atomic E-state index is -0.956. The van der Waals surface area contributed by atoms with Gasteiger partial charge in [-0.3, -0.25) is 4.79 Å². The van der Waals surface area contributed by atoms with E-state index in [-0.39, 0.29) is 5.91 Å². The first-order valence-electron chi connectivity index (χ1n) is 8.83. The molecule has 1 atom stereocenters. The molecule has 4 rings (SSSR count). The molecule has 27 heavy (non-hydrogen) atoms. The zero-order valence-corrected chi connectivity index (χ0v) is 15.5. The zero-order valence-electron chi connectivity index (χ0n) is 14.7. The standard InChI is InChI=1S/C21H19NO4S/c23-20(22-10-12-25-13-11-22)19(15-6-2-1-3-7-15)26-21(24)18-14-16-8-4-5-9-17(16)27-18/h1-9,14,19H,10-13H2/t19-/m0/s1. The van der Waals surface area contributed by atoms with Gasteiger partial charge in [-0.25, -0.2) is 4.79 Å². The van der Waals surface area contributed by atoms with Crippen LogP contribution in [0.4, 0.5) is 0 Å². The molecule has 1 fully saturated rings. The highest BCUT2D eigenvalue weighted by Gasteiger charge is 2.31. The van der Waals surface area contributed by atoms with E-state index in [9.17, 15) is 9.59 Å². The number of carbonyl (C=O) groups excluding carboxylic acids is 2. The quantitative estimate of drug-likeness (QED) is 0.647. The van der Waals surface area contributed by atoms with Gasteiger partial charge >= 0.3 is 5.97 Å². The summed E-state index contributed by atoms with van der Waals surface area (Å²) < 4.78 is 12.0. The molecule has 1 aliphatic rings. The summed E-state index contributed by atoms with van der Waals surface area (Å²) in [5, 5.41) is 0.991. The van der Waals surface area contributed by atoms with Crippen LogP contribution in [0, 0.1) is 0 Å². The molecule has 1 saturated heterocycles. The Hall–Kier alpha value is -2.70. The molecule has 138 valence electrons. The highest BCUT2D eigenvalue weighted by molar-refractivity contribution is 7.20. The molecule has 0 aliphatic carbocycles. The van der Waals surface area contributed by atoms with Gasteiger partial charge in [0.2, 0.25) is 6.10 Å². The number of fused-ring (bicyclic) bond motifs is 1. The van der Waals surface area contributed by atoms with Crippen LogP contribution in [0.1, 0.15) is 21.3 Å². The van der Waals surface area contributed by atoms with Crippen molar-refractivity contribution in [3.8, 4) is 0 Å². The van der Waals surface area contributed by atoms with Crippen LogP contribution in [0.2, 0.25) is 0 Å². The van der Waals surface area contributed by atoms with Crippen LogP contribution in [0.5, 0.6) is 0 Å². The predicted octanol–water partition coefficient (Wildman–Crippen LogP) is 3.66. The molecule has 1 aliphatic heterocycles. The van der Waals surface area contributed by atoms with Gasteiger partial charge in [-0.15, -0.1) is 11.3 Å². The lowest BCUT2D eigenvalue weighted by atomic mass is 10.1. The van der Waals surface area contributed by atoms with Crippen LogP contribution in [-0.2, 0) is 14.3 Å². The Morgan fingerprint density at radius 1 is 1.00 bits per heavy atom. The summed E-state index contributed by atoms with van der Waals surface area (Å²) in [6.07, 6.45) is -0.956. The van der Waals surface area contributed by atoms with Crippen LogP contribution in [-0.4, -0.2) is 43.1 Å². The van der Waals surface area contributed by atoms with Crippen LogP contribution >= 0.6 is 11.3 Å². The van der Waals surface area contributed by atoms with E-state index in [4.69, 9.17) is 9.47 Å². The van der Waals surface area contributed by atoms with E-state index in [0.29, 0.717) is 36.7 Å². The summed E-state index contributed by atoms with van der Waals surface area (Å²) in [6, 6.07) is 18.7. The Balaban J connectivity index is 1.60. The summed E-state index contributed by atoms with van der Waals surface area (Å²) in [7, 11) is 0. The number of thiophene rings is 1. The summed E-state index contributed by atoms with van der Waals surface area (Å²) >= 11 is 1.37. The topological polar surface area (TPSA) is 55.8 Å². The van der Waals surface area contributed by atoms with E-state index in [0.717, 1.165) is 10.1 Å². The molecule has 2 heterocycles. The second-order valence-electron chi connectivity index (χ2n) is 6.28. The van der Waals surface area contributed by atoms with Crippen molar-refractivity contribution in [2.24, 2.45) is 0 Å². The molecule has 0 saturated carbocycles. The van der Waals surface area contributed by atoms with E-state index in [2.05, 4.69) is 0 Å². The fourth-order valence-corrected chi connectivity index (χ4v) is 4.03. The summed E-state index contributed by atoms with van der Waals surface area (Å²) in [4.78, 5) is 28.0. The van der Waals surface area contributed by atoms with Gasteiger partial charge < -0.3 is 14.4 Å². The number of morpholine rings is 1. The number of hydrogen-bond donors (Lipinski definition) is 0. The van der Waals surface area contributed by atoms with Gasteiger partial charge in [0.15, 0.2) is 0 Å². The fourth-order valence-electron chi connectivity index (χ4n) is 3.09. The van der Waals surface area contributed by atoms with Crippen molar-refractivity contribution in [1.82, 2.24) is 4.90 Å². The third-order valence-corrected chi connectivity index (χ3v) is 5.60. The van der Waals surface area contributed by atoms with Crippen LogP contribution < -0.4 is 0 Å². The van der Waals surface area contributed by atoms with Gasteiger partial charge in [0.1, 0.15) is 4.88 Å².